The van der Waals surface area contributed by atoms with E-state index in [1.54, 1.807) is 25.5 Å². The van der Waals surface area contributed by atoms with Crippen LogP contribution in [0.2, 0.25) is 0 Å². The Labute approximate surface area is 123 Å². The second-order valence-corrected chi connectivity index (χ2v) is 5.60. The molecule has 0 saturated carbocycles. The lowest BCUT2D eigenvalue weighted by atomic mass is 9.87. The van der Waals surface area contributed by atoms with Crippen LogP contribution in [0, 0.1) is 0 Å². The van der Waals surface area contributed by atoms with Crippen molar-refractivity contribution in [3.05, 3.63) is 33.7 Å². The van der Waals surface area contributed by atoms with E-state index in [0.29, 0.717) is 16.8 Å². The molecule has 5 heteroatoms. The van der Waals surface area contributed by atoms with Crippen LogP contribution in [-0.2, 0) is 11.8 Å². The predicted molar refractivity (Wildman–Crippen MR) is 77.9 cm³/mol. The van der Waals surface area contributed by atoms with E-state index in [-0.39, 0.29) is 34.3 Å². The lowest BCUT2D eigenvalue weighted by molar-refractivity contribution is 0.0596. The lowest BCUT2D eigenvalue weighted by Gasteiger charge is -2.15. The standard InChI is InChI=1S/C16H19NO4/c1-7(2)12-11(16(20)21-6)10-13(17(12)5)15(19)9(4)8(3)14(10)18/h7H,1-6H3. The van der Waals surface area contributed by atoms with Gasteiger partial charge in [0.25, 0.3) is 0 Å². The minimum atomic E-state index is -0.580. The molecule has 0 atom stereocenters. The molecule has 1 heterocycles. The number of hydrogen-bond acceptors (Lipinski definition) is 4. The Hall–Kier alpha value is -2.17. The van der Waals surface area contributed by atoms with Crippen molar-refractivity contribution in [1.82, 2.24) is 4.57 Å². The van der Waals surface area contributed by atoms with Crippen LogP contribution in [0.5, 0.6) is 0 Å². The summed E-state index contributed by atoms with van der Waals surface area (Å²) in [5.41, 5.74) is 2.15. The number of ketones is 2. The molecule has 0 bridgehead atoms. The molecule has 1 aliphatic carbocycles. The first kappa shape index (κ1) is 15.2. The SMILES string of the molecule is COC(=O)c1c2c(n(C)c1C(C)C)C(=O)C(C)=C(C)C2=O. The smallest absolute Gasteiger partial charge is 0.340 e. The van der Waals surface area contributed by atoms with Crippen molar-refractivity contribution in [2.24, 2.45) is 7.05 Å². The van der Waals surface area contributed by atoms with Crippen molar-refractivity contribution >= 4 is 17.5 Å². The maximum atomic E-state index is 12.6. The van der Waals surface area contributed by atoms with Gasteiger partial charge in [-0.15, -0.1) is 0 Å². The molecule has 1 aromatic rings. The Morgan fingerprint density at radius 3 is 2.10 bits per heavy atom. The van der Waals surface area contributed by atoms with Gasteiger partial charge in [-0.05, 0) is 19.8 Å². The summed E-state index contributed by atoms with van der Waals surface area (Å²) in [6.45, 7) is 7.07. The molecule has 0 aliphatic heterocycles. The first-order valence-corrected chi connectivity index (χ1v) is 6.81. The van der Waals surface area contributed by atoms with Gasteiger partial charge in [0.1, 0.15) is 5.69 Å². The molecule has 0 fully saturated rings. The van der Waals surface area contributed by atoms with E-state index in [2.05, 4.69) is 0 Å². The third kappa shape index (κ3) is 1.95. The number of fused-ring (bicyclic) bond motifs is 1. The summed E-state index contributed by atoms with van der Waals surface area (Å²) in [5, 5.41) is 0. The monoisotopic (exact) mass is 289 g/mol. The van der Waals surface area contributed by atoms with Gasteiger partial charge < -0.3 is 9.30 Å². The third-order valence-electron chi connectivity index (χ3n) is 4.06. The molecule has 112 valence electrons. The van der Waals surface area contributed by atoms with E-state index in [1.807, 2.05) is 13.8 Å². The molecule has 1 aromatic heterocycles. The Morgan fingerprint density at radius 2 is 1.62 bits per heavy atom. The first-order valence-electron chi connectivity index (χ1n) is 6.81. The molecule has 1 aliphatic rings. The predicted octanol–water partition coefficient (Wildman–Crippen LogP) is 2.65. The zero-order valence-electron chi connectivity index (χ0n) is 13.2. The molecule has 0 radical (unpaired) electrons. The molecule has 0 N–H and O–H groups in total. The van der Waals surface area contributed by atoms with Crippen molar-refractivity contribution in [3.8, 4) is 0 Å². The Bertz CT molecular complexity index is 704. The number of aromatic nitrogens is 1. The van der Waals surface area contributed by atoms with Gasteiger partial charge in [-0.3, -0.25) is 9.59 Å². The van der Waals surface area contributed by atoms with E-state index in [9.17, 15) is 14.4 Å². The van der Waals surface area contributed by atoms with Crippen molar-refractivity contribution < 1.29 is 19.1 Å². The average Bonchev–Trinajstić information content (AvgIpc) is 2.75. The lowest BCUT2D eigenvalue weighted by Crippen LogP contribution is -2.22. The van der Waals surface area contributed by atoms with Crippen LogP contribution in [0.15, 0.2) is 11.1 Å². The normalized spacial score (nSPS) is 14.8. The Morgan fingerprint density at radius 1 is 1.10 bits per heavy atom. The van der Waals surface area contributed by atoms with Gasteiger partial charge in [0.2, 0.25) is 5.78 Å². The van der Waals surface area contributed by atoms with E-state index < -0.39 is 5.97 Å². The van der Waals surface area contributed by atoms with Gasteiger partial charge in [0.15, 0.2) is 5.78 Å². The molecule has 5 nitrogen and oxygen atoms in total. The fraction of sp³-hybridized carbons (Fsp3) is 0.438. The molecule has 2 rings (SSSR count). The van der Waals surface area contributed by atoms with Crippen LogP contribution in [-0.4, -0.2) is 29.2 Å². The maximum absolute atomic E-state index is 12.6. The van der Waals surface area contributed by atoms with Crippen molar-refractivity contribution in [1.29, 1.82) is 0 Å². The van der Waals surface area contributed by atoms with E-state index in [0.717, 1.165) is 0 Å². The highest BCUT2D eigenvalue weighted by atomic mass is 16.5. The number of carbonyl (C=O) groups is 3. The number of methoxy groups -OCH3 is 1. The number of allylic oxidation sites excluding steroid dienone is 2. The number of rotatable bonds is 2. The maximum Gasteiger partial charge on any atom is 0.340 e. The Balaban J connectivity index is 2.92. The van der Waals surface area contributed by atoms with Crippen LogP contribution >= 0.6 is 0 Å². The van der Waals surface area contributed by atoms with Crippen LogP contribution in [0.1, 0.15) is 70.5 Å². The quantitative estimate of drug-likeness (QED) is 0.785. The number of carbonyl (C=O) groups excluding carboxylic acids is 3. The highest BCUT2D eigenvalue weighted by Crippen LogP contribution is 2.35. The Kier molecular flexibility index (Phi) is 3.61. The summed E-state index contributed by atoms with van der Waals surface area (Å²) < 4.78 is 6.48. The molecule has 0 spiro atoms. The average molecular weight is 289 g/mol. The van der Waals surface area contributed by atoms with Gasteiger partial charge in [-0.2, -0.15) is 0 Å². The minimum absolute atomic E-state index is 0.0177. The molecular weight excluding hydrogens is 270 g/mol. The molecule has 21 heavy (non-hydrogen) atoms. The summed E-state index contributed by atoms with van der Waals surface area (Å²) in [6, 6.07) is 0. The largest absolute Gasteiger partial charge is 0.465 e. The summed E-state index contributed by atoms with van der Waals surface area (Å²) in [7, 11) is 2.98. The zero-order valence-corrected chi connectivity index (χ0v) is 13.2. The van der Waals surface area contributed by atoms with Crippen LogP contribution in [0.25, 0.3) is 0 Å². The molecule has 0 saturated heterocycles. The summed E-state index contributed by atoms with van der Waals surface area (Å²) in [6.07, 6.45) is 0. The number of ether oxygens (including phenoxy) is 1. The van der Waals surface area contributed by atoms with Gasteiger partial charge in [0, 0.05) is 23.9 Å². The van der Waals surface area contributed by atoms with Crippen LogP contribution in [0.4, 0.5) is 0 Å². The van der Waals surface area contributed by atoms with Gasteiger partial charge >= 0.3 is 5.97 Å². The molecule has 0 aromatic carbocycles. The van der Waals surface area contributed by atoms with Crippen LogP contribution < -0.4 is 0 Å². The fourth-order valence-electron chi connectivity index (χ4n) is 2.88. The highest BCUT2D eigenvalue weighted by molar-refractivity contribution is 6.29. The minimum Gasteiger partial charge on any atom is -0.465 e. The molecule has 0 amide bonds. The summed E-state index contributed by atoms with van der Waals surface area (Å²) in [4.78, 5) is 37.2. The number of nitrogens with zero attached hydrogens (tertiary/aromatic N) is 1. The number of esters is 1. The topological polar surface area (TPSA) is 65.4 Å². The van der Waals surface area contributed by atoms with Gasteiger partial charge in [-0.1, -0.05) is 13.8 Å². The van der Waals surface area contributed by atoms with Gasteiger partial charge in [-0.25, -0.2) is 4.79 Å². The number of Topliss-reactive ketones (excluding diaryl/α,β-unsaturated/α-hetero) is 2. The van der Waals surface area contributed by atoms with Crippen molar-refractivity contribution in [3.63, 3.8) is 0 Å². The molecule has 0 unspecified atom stereocenters. The third-order valence-corrected chi connectivity index (χ3v) is 4.06. The highest BCUT2D eigenvalue weighted by Gasteiger charge is 2.38. The van der Waals surface area contributed by atoms with Crippen LogP contribution in [0.3, 0.4) is 0 Å². The van der Waals surface area contributed by atoms with Gasteiger partial charge in [0.05, 0.1) is 18.2 Å². The van der Waals surface area contributed by atoms with E-state index in [4.69, 9.17) is 4.74 Å². The summed E-state index contributed by atoms with van der Waals surface area (Å²) >= 11 is 0. The van der Waals surface area contributed by atoms with Crippen molar-refractivity contribution in [2.45, 2.75) is 33.6 Å². The van der Waals surface area contributed by atoms with E-state index in [1.165, 1.54) is 7.11 Å². The second kappa shape index (κ2) is 4.98. The molecular formula is C16H19NO4. The fourth-order valence-corrected chi connectivity index (χ4v) is 2.88. The second-order valence-electron chi connectivity index (χ2n) is 5.60. The van der Waals surface area contributed by atoms with Crippen molar-refractivity contribution in [2.75, 3.05) is 7.11 Å². The summed E-state index contributed by atoms with van der Waals surface area (Å²) in [5.74, 6) is -1.08. The number of hydrogen-bond donors (Lipinski definition) is 0. The first-order chi connectivity index (χ1) is 9.73. The van der Waals surface area contributed by atoms with E-state index >= 15 is 0 Å². The zero-order chi connectivity index (χ0) is 16.1.